The summed E-state index contributed by atoms with van der Waals surface area (Å²) in [5.41, 5.74) is 0. The van der Waals surface area contributed by atoms with Crippen molar-refractivity contribution in [1.82, 2.24) is 9.88 Å². The van der Waals surface area contributed by atoms with Crippen LogP contribution in [0.25, 0.3) is 0 Å². The lowest BCUT2D eigenvalue weighted by atomic mass is 10.1. The average Bonchev–Trinajstić information content (AvgIpc) is 3.02. The number of halogens is 1. The van der Waals surface area contributed by atoms with Crippen LogP contribution in [0, 0.1) is 5.92 Å². The number of ether oxygens (including phenoxy) is 1. The van der Waals surface area contributed by atoms with Crippen molar-refractivity contribution in [3.05, 3.63) is 23.4 Å². The molecule has 0 N–H and O–H groups in total. The third-order valence-corrected chi connectivity index (χ3v) is 4.13. The molecule has 0 unspecified atom stereocenters. The second-order valence-corrected chi connectivity index (χ2v) is 5.64. The van der Waals surface area contributed by atoms with Gasteiger partial charge in [-0.15, -0.1) is 0 Å². The number of nitrogens with zero attached hydrogens (tertiary/aromatic N) is 3. The Bertz CT molecular complexity index is 466. The lowest BCUT2D eigenvalue weighted by Gasteiger charge is -2.36. The Hall–Kier alpha value is -1.33. The molecule has 3 heterocycles. The molecule has 0 aromatic carbocycles. The molecular formula is C14H18ClN3O2. The van der Waals surface area contributed by atoms with Crippen LogP contribution >= 0.6 is 11.6 Å². The number of anilines is 1. The molecule has 2 saturated heterocycles. The number of hydrogen-bond acceptors (Lipinski definition) is 4. The van der Waals surface area contributed by atoms with E-state index in [1.165, 1.54) is 0 Å². The van der Waals surface area contributed by atoms with Crippen LogP contribution in [0.4, 0.5) is 5.82 Å². The number of pyridine rings is 1. The highest BCUT2D eigenvalue weighted by atomic mass is 35.5. The van der Waals surface area contributed by atoms with Crippen molar-refractivity contribution in [3.63, 3.8) is 0 Å². The van der Waals surface area contributed by atoms with Crippen LogP contribution in [0.3, 0.4) is 0 Å². The van der Waals surface area contributed by atoms with E-state index in [0.29, 0.717) is 18.2 Å². The molecule has 1 amide bonds. The molecule has 108 valence electrons. The molecule has 0 bridgehead atoms. The predicted octanol–water partition coefficient (Wildman–Crippen LogP) is 1.42. The highest BCUT2D eigenvalue weighted by molar-refractivity contribution is 6.30. The zero-order valence-corrected chi connectivity index (χ0v) is 12.1. The maximum absolute atomic E-state index is 12.3. The normalized spacial score (nSPS) is 23.1. The van der Waals surface area contributed by atoms with E-state index in [9.17, 15) is 4.79 Å². The molecule has 2 aliphatic heterocycles. The molecule has 5 nitrogen and oxygen atoms in total. The predicted molar refractivity (Wildman–Crippen MR) is 77.0 cm³/mol. The van der Waals surface area contributed by atoms with Crippen molar-refractivity contribution in [2.75, 3.05) is 44.3 Å². The Morgan fingerprint density at radius 1 is 1.30 bits per heavy atom. The lowest BCUT2D eigenvalue weighted by Crippen LogP contribution is -2.50. The van der Waals surface area contributed by atoms with E-state index in [4.69, 9.17) is 16.3 Å². The standard InChI is InChI=1S/C14H18ClN3O2/c15-12-1-2-13(16-9-12)17-4-6-18(7-5-17)14(19)11-3-8-20-10-11/h1-2,9,11H,3-8,10H2/t11-/m1/s1. The van der Waals surface area contributed by atoms with Crippen molar-refractivity contribution in [2.24, 2.45) is 5.92 Å². The summed E-state index contributed by atoms with van der Waals surface area (Å²) in [5, 5.41) is 0.642. The van der Waals surface area contributed by atoms with Crippen molar-refractivity contribution in [3.8, 4) is 0 Å². The van der Waals surface area contributed by atoms with Gasteiger partial charge in [-0.05, 0) is 18.6 Å². The summed E-state index contributed by atoms with van der Waals surface area (Å²) >= 11 is 5.84. The highest BCUT2D eigenvalue weighted by Gasteiger charge is 2.30. The number of carbonyl (C=O) groups excluding carboxylic acids is 1. The minimum absolute atomic E-state index is 0.0650. The number of aromatic nitrogens is 1. The summed E-state index contributed by atoms with van der Waals surface area (Å²) in [6.45, 7) is 4.42. The number of piperazine rings is 1. The van der Waals surface area contributed by atoms with E-state index in [2.05, 4.69) is 9.88 Å². The Kier molecular flexibility index (Phi) is 4.08. The van der Waals surface area contributed by atoms with Gasteiger partial charge in [0.05, 0.1) is 17.5 Å². The first kappa shape index (κ1) is 13.6. The minimum Gasteiger partial charge on any atom is -0.381 e. The third-order valence-electron chi connectivity index (χ3n) is 3.91. The maximum Gasteiger partial charge on any atom is 0.228 e. The number of amides is 1. The van der Waals surface area contributed by atoms with Gasteiger partial charge in [0.15, 0.2) is 0 Å². The quantitative estimate of drug-likeness (QED) is 0.828. The van der Waals surface area contributed by atoms with Gasteiger partial charge in [0.1, 0.15) is 5.82 Å². The second-order valence-electron chi connectivity index (χ2n) is 5.21. The zero-order chi connectivity index (χ0) is 13.9. The maximum atomic E-state index is 12.3. The number of rotatable bonds is 2. The fraction of sp³-hybridized carbons (Fsp3) is 0.571. The Morgan fingerprint density at radius 3 is 2.70 bits per heavy atom. The van der Waals surface area contributed by atoms with Gasteiger partial charge >= 0.3 is 0 Å². The largest absolute Gasteiger partial charge is 0.381 e. The van der Waals surface area contributed by atoms with Gasteiger partial charge in [-0.3, -0.25) is 4.79 Å². The molecule has 1 aromatic heterocycles. The Balaban J connectivity index is 1.56. The van der Waals surface area contributed by atoms with Crippen LogP contribution in [0.2, 0.25) is 5.02 Å². The molecule has 0 aliphatic carbocycles. The fourth-order valence-electron chi connectivity index (χ4n) is 2.70. The van der Waals surface area contributed by atoms with E-state index in [1.807, 2.05) is 17.0 Å². The average molecular weight is 296 g/mol. The van der Waals surface area contributed by atoms with Crippen molar-refractivity contribution >= 4 is 23.3 Å². The third kappa shape index (κ3) is 2.88. The number of carbonyl (C=O) groups is 1. The van der Waals surface area contributed by atoms with Crippen molar-refractivity contribution in [1.29, 1.82) is 0 Å². The SMILES string of the molecule is O=C([C@@H]1CCOC1)N1CCN(c2ccc(Cl)cn2)CC1. The molecule has 0 spiro atoms. The molecule has 0 saturated carbocycles. The van der Waals surface area contributed by atoms with Crippen LogP contribution in [-0.2, 0) is 9.53 Å². The zero-order valence-electron chi connectivity index (χ0n) is 11.3. The van der Waals surface area contributed by atoms with E-state index < -0.39 is 0 Å². The van der Waals surface area contributed by atoms with Crippen LogP contribution in [0.1, 0.15) is 6.42 Å². The van der Waals surface area contributed by atoms with Crippen LogP contribution in [0.5, 0.6) is 0 Å². The summed E-state index contributed by atoms with van der Waals surface area (Å²) in [6.07, 6.45) is 2.52. The van der Waals surface area contributed by atoms with E-state index in [1.54, 1.807) is 6.20 Å². The molecule has 2 aliphatic rings. The molecule has 20 heavy (non-hydrogen) atoms. The summed E-state index contributed by atoms with van der Waals surface area (Å²) in [7, 11) is 0. The smallest absolute Gasteiger partial charge is 0.228 e. The first-order valence-electron chi connectivity index (χ1n) is 6.97. The van der Waals surface area contributed by atoms with Crippen LogP contribution < -0.4 is 4.90 Å². The summed E-state index contributed by atoms with van der Waals surface area (Å²) in [5.74, 6) is 1.23. The highest BCUT2D eigenvalue weighted by Crippen LogP contribution is 2.19. The van der Waals surface area contributed by atoms with Gasteiger partial charge in [0, 0.05) is 39.0 Å². The molecule has 6 heteroatoms. The van der Waals surface area contributed by atoms with Crippen molar-refractivity contribution < 1.29 is 9.53 Å². The lowest BCUT2D eigenvalue weighted by molar-refractivity contribution is -0.135. The van der Waals surface area contributed by atoms with Crippen LogP contribution in [-0.4, -0.2) is 55.2 Å². The topological polar surface area (TPSA) is 45.7 Å². The van der Waals surface area contributed by atoms with E-state index >= 15 is 0 Å². The summed E-state index contributed by atoms with van der Waals surface area (Å²) in [6, 6.07) is 3.77. The molecule has 1 atom stereocenters. The van der Waals surface area contributed by atoms with E-state index in [-0.39, 0.29) is 11.8 Å². The minimum atomic E-state index is 0.0650. The van der Waals surface area contributed by atoms with E-state index in [0.717, 1.165) is 38.4 Å². The molecule has 1 aromatic rings. The van der Waals surface area contributed by atoms with Gasteiger partial charge in [0.2, 0.25) is 5.91 Å². The Morgan fingerprint density at radius 2 is 2.10 bits per heavy atom. The van der Waals surface area contributed by atoms with Gasteiger partial charge in [0.25, 0.3) is 0 Å². The fourth-order valence-corrected chi connectivity index (χ4v) is 2.81. The first-order valence-corrected chi connectivity index (χ1v) is 7.35. The number of hydrogen-bond donors (Lipinski definition) is 0. The molecule has 3 rings (SSSR count). The van der Waals surface area contributed by atoms with Crippen LogP contribution in [0.15, 0.2) is 18.3 Å². The summed E-state index contributed by atoms with van der Waals surface area (Å²) in [4.78, 5) is 20.7. The molecule has 2 fully saturated rings. The monoisotopic (exact) mass is 295 g/mol. The molecule has 0 radical (unpaired) electrons. The van der Waals surface area contributed by atoms with Gasteiger partial charge < -0.3 is 14.5 Å². The van der Waals surface area contributed by atoms with Gasteiger partial charge in [-0.1, -0.05) is 11.6 Å². The van der Waals surface area contributed by atoms with Gasteiger partial charge in [-0.25, -0.2) is 4.98 Å². The van der Waals surface area contributed by atoms with Crippen molar-refractivity contribution in [2.45, 2.75) is 6.42 Å². The second kappa shape index (κ2) is 5.97. The van der Waals surface area contributed by atoms with Gasteiger partial charge in [-0.2, -0.15) is 0 Å². The summed E-state index contributed by atoms with van der Waals surface area (Å²) < 4.78 is 5.29. The molecular weight excluding hydrogens is 278 g/mol. The first-order chi connectivity index (χ1) is 9.74. The Labute approximate surface area is 123 Å².